The largest absolute Gasteiger partial charge is 0.315 e. The van der Waals surface area contributed by atoms with Crippen molar-refractivity contribution >= 4 is 0 Å². The molecular formula is C11H13N5O. The third kappa shape index (κ3) is 1.76. The summed E-state index contributed by atoms with van der Waals surface area (Å²) in [5, 5.41) is 7.25. The van der Waals surface area contributed by atoms with Crippen LogP contribution in [-0.2, 0) is 7.05 Å². The Balaban J connectivity index is 2.08. The van der Waals surface area contributed by atoms with Gasteiger partial charge in [-0.1, -0.05) is 0 Å². The first-order valence-corrected chi connectivity index (χ1v) is 5.54. The molecule has 3 heterocycles. The van der Waals surface area contributed by atoms with Crippen molar-refractivity contribution < 1.29 is 0 Å². The van der Waals surface area contributed by atoms with Gasteiger partial charge >= 0.3 is 0 Å². The molecule has 3 rings (SSSR count). The molecule has 1 aliphatic rings. The lowest BCUT2D eigenvalue weighted by molar-refractivity contribution is 0.429. The smallest absolute Gasteiger partial charge is 0.251 e. The lowest BCUT2D eigenvalue weighted by Crippen LogP contribution is -2.41. The van der Waals surface area contributed by atoms with Gasteiger partial charge in [0.25, 0.3) is 5.56 Å². The molecule has 2 aromatic rings. The molecule has 0 radical (unpaired) electrons. The summed E-state index contributed by atoms with van der Waals surface area (Å²) in [5.74, 6) is 1.07. The number of nitrogens with zero attached hydrogens (tertiary/aromatic N) is 3. The van der Waals surface area contributed by atoms with Crippen LogP contribution in [0.2, 0.25) is 0 Å². The van der Waals surface area contributed by atoms with Gasteiger partial charge in [0.2, 0.25) is 0 Å². The molecule has 0 aliphatic carbocycles. The first-order chi connectivity index (χ1) is 8.24. The highest BCUT2D eigenvalue weighted by atomic mass is 16.1. The maximum atomic E-state index is 11.6. The predicted octanol–water partition coefficient (Wildman–Crippen LogP) is -0.143. The van der Waals surface area contributed by atoms with Gasteiger partial charge in [-0.25, -0.2) is 4.98 Å². The van der Waals surface area contributed by atoms with Crippen molar-refractivity contribution in [1.82, 2.24) is 25.1 Å². The number of aromatic amines is 1. The fourth-order valence-corrected chi connectivity index (χ4v) is 1.91. The van der Waals surface area contributed by atoms with E-state index in [1.807, 2.05) is 13.1 Å². The molecule has 2 N–H and O–H groups in total. The molecule has 6 heteroatoms. The molecule has 0 saturated carbocycles. The average Bonchev–Trinajstić information content (AvgIpc) is 2.60. The molecule has 0 spiro atoms. The summed E-state index contributed by atoms with van der Waals surface area (Å²) in [6.07, 6.45) is 1.70. The first-order valence-electron chi connectivity index (χ1n) is 5.54. The minimum absolute atomic E-state index is 0.113. The first kappa shape index (κ1) is 10.2. The van der Waals surface area contributed by atoms with E-state index in [0.717, 1.165) is 24.6 Å². The van der Waals surface area contributed by atoms with Crippen LogP contribution in [0.15, 0.2) is 23.1 Å². The zero-order valence-corrected chi connectivity index (χ0v) is 9.47. The molecule has 0 atom stereocenters. The Morgan fingerprint density at radius 2 is 2.29 bits per heavy atom. The molecule has 1 fully saturated rings. The standard InChI is InChI=1S/C11H13N5O/c1-16-9(2-3-13-16)8-4-10(17)15-11(14-8)7-5-12-6-7/h2-4,7,12H,5-6H2,1H3,(H,14,15,17). The molecule has 2 aromatic heterocycles. The summed E-state index contributed by atoms with van der Waals surface area (Å²) in [4.78, 5) is 18.9. The second-order valence-corrected chi connectivity index (χ2v) is 4.21. The highest BCUT2D eigenvalue weighted by Crippen LogP contribution is 2.18. The van der Waals surface area contributed by atoms with Gasteiger partial charge in [-0.2, -0.15) is 5.10 Å². The third-order valence-corrected chi connectivity index (χ3v) is 3.01. The summed E-state index contributed by atoms with van der Waals surface area (Å²) in [6, 6.07) is 3.36. The number of hydrogen-bond donors (Lipinski definition) is 2. The topological polar surface area (TPSA) is 75.6 Å². The molecule has 0 amide bonds. The zero-order chi connectivity index (χ0) is 11.8. The highest BCUT2D eigenvalue weighted by molar-refractivity contribution is 5.53. The van der Waals surface area contributed by atoms with E-state index >= 15 is 0 Å². The lowest BCUT2D eigenvalue weighted by atomic mass is 10.0. The van der Waals surface area contributed by atoms with E-state index in [9.17, 15) is 4.79 Å². The highest BCUT2D eigenvalue weighted by Gasteiger charge is 2.22. The van der Waals surface area contributed by atoms with Gasteiger partial charge in [0, 0.05) is 38.3 Å². The summed E-state index contributed by atoms with van der Waals surface area (Å²) in [5.41, 5.74) is 1.42. The van der Waals surface area contributed by atoms with E-state index in [-0.39, 0.29) is 5.56 Å². The number of H-pyrrole nitrogens is 1. The van der Waals surface area contributed by atoms with Crippen molar-refractivity contribution in [3.05, 3.63) is 34.5 Å². The van der Waals surface area contributed by atoms with E-state index in [4.69, 9.17) is 0 Å². The fourth-order valence-electron chi connectivity index (χ4n) is 1.91. The van der Waals surface area contributed by atoms with Crippen LogP contribution in [-0.4, -0.2) is 32.8 Å². The Kier molecular flexibility index (Phi) is 2.29. The Bertz CT molecular complexity index is 596. The summed E-state index contributed by atoms with van der Waals surface area (Å²) >= 11 is 0. The molecule has 1 saturated heterocycles. The van der Waals surface area contributed by atoms with Gasteiger partial charge in [0.15, 0.2) is 0 Å². The van der Waals surface area contributed by atoms with E-state index in [0.29, 0.717) is 11.6 Å². The van der Waals surface area contributed by atoms with Gasteiger partial charge < -0.3 is 10.3 Å². The van der Waals surface area contributed by atoms with Crippen LogP contribution in [0.1, 0.15) is 11.7 Å². The Morgan fingerprint density at radius 3 is 2.88 bits per heavy atom. The summed E-state index contributed by atoms with van der Waals surface area (Å²) in [6.45, 7) is 1.75. The van der Waals surface area contributed by atoms with Gasteiger partial charge in [-0.15, -0.1) is 0 Å². The van der Waals surface area contributed by atoms with Crippen LogP contribution in [0.3, 0.4) is 0 Å². The molecule has 88 valence electrons. The monoisotopic (exact) mass is 231 g/mol. The third-order valence-electron chi connectivity index (χ3n) is 3.01. The zero-order valence-electron chi connectivity index (χ0n) is 9.47. The van der Waals surface area contributed by atoms with Gasteiger partial charge in [0.1, 0.15) is 5.82 Å². The SMILES string of the molecule is Cn1nccc1-c1cc(=O)[nH]c(C2CNC2)n1. The summed E-state index contributed by atoms with van der Waals surface area (Å²) in [7, 11) is 1.84. The second kappa shape index (κ2) is 3.81. The van der Waals surface area contributed by atoms with Crippen molar-refractivity contribution in [2.24, 2.45) is 7.05 Å². The van der Waals surface area contributed by atoms with E-state index in [1.165, 1.54) is 6.07 Å². The molecular weight excluding hydrogens is 218 g/mol. The molecule has 0 unspecified atom stereocenters. The maximum absolute atomic E-state index is 11.6. The lowest BCUT2D eigenvalue weighted by Gasteiger charge is -2.26. The minimum atomic E-state index is -0.113. The molecule has 6 nitrogen and oxygen atoms in total. The van der Waals surface area contributed by atoms with Crippen molar-refractivity contribution in [2.45, 2.75) is 5.92 Å². The number of nitrogens with one attached hydrogen (secondary N) is 2. The molecule has 1 aliphatic heterocycles. The summed E-state index contributed by atoms with van der Waals surface area (Å²) < 4.78 is 1.71. The van der Waals surface area contributed by atoms with Gasteiger partial charge in [-0.3, -0.25) is 9.48 Å². The van der Waals surface area contributed by atoms with Gasteiger partial charge in [0.05, 0.1) is 11.4 Å². The fraction of sp³-hybridized carbons (Fsp3) is 0.364. The number of aromatic nitrogens is 4. The van der Waals surface area contributed by atoms with Crippen LogP contribution < -0.4 is 10.9 Å². The Labute approximate surface area is 97.7 Å². The second-order valence-electron chi connectivity index (χ2n) is 4.21. The van der Waals surface area contributed by atoms with Crippen LogP contribution in [0, 0.1) is 0 Å². The number of hydrogen-bond acceptors (Lipinski definition) is 4. The van der Waals surface area contributed by atoms with Crippen molar-refractivity contribution in [1.29, 1.82) is 0 Å². The van der Waals surface area contributed by atoms with Crippen LogP contribution in [0.4, 0.5) is 0 Å². The normalized spacial score (nSPS) is 15.8. The van der Waals surface area contributed by atoms with Crippen molar-refractivity contribution in [2.75, 3.05) is 13.1 Å². The van der Waals surface area contributed by atoms with E-state index in [1.54, 1.807) is 10.9 Å². The quantitative estimate of drug-likeness (QED) is 0.754. The number of rotatable bonds is 2. The average molecular weight is 231 g/mol. The van der Waals surface area contributed by atoms with Crippen molar-refractivity contribution in [3.8, 4) is 11.4 Å². The van der Waals surface area contributed by atoms with Crippen molar-refractivity contribution in [3.63, 3.8) is 0 Å². The van der Waals surface area contributed by atoms with Crippen LogP contribution in [0.5, 0.6) is 0 Å². The number of aryl methyl sites for hydroxylation is 1. The van der Waals surface area contributed by atoms with Crippen LogP contribution in [0.25, 0.3) is 11.4 Å². The Morgan fingerprint density at radius 1 is 1.47 bits per heavy atom. The van der Waals surface area contributed by atoms with E-state index < -0.39 is 0 Å². The van der Waals surface area contributed by atoms with Crippen LogP contribution >= 0.6 is 0 Å². The Hall–Kier alpha value is -1.95. The maximum Gasteiger partial charge on any atom is 0.251 e. The predicted molar refractivity (Wildman–Crippen MR) is 62.7 cm³/mol. The molecule has 0 bridgehead atoms. The molecule has 17 heavy (non-hydrogen) atoms. The molecule has 0 aromatic carbocycles. The van der Waals surface area contributed by atoms with E-state index in [2.05, 4.69) is 20.4 Å². The van der Waals surface area contributed by atoms with Gasteiger partial charge in [-0.05, 0) is 6.07 Å². The minimum Gasteiger partial charge on any atom is -0.315 e.